The first kappa shape index (κ1) is 11.6. The molecule has 4 nitrogen and oxygen atoms in total. The number of halogens is 1. The first-order chi connectivity index (χ1) is 7.01. The van der Waals surface area contributed by atoms with Crippen LogP contribution in [0.1, 0.15) is 26.2 Å². The summed E-state index contributed by atoms with van der Waals surface area (Å²) < 4.78 is 27.5. The van der Waals surface area contributed by atoms with E-state index in [1.807, 2.05) is 6.92 Å². The topological polar surface area (TPSA) is 40.6 Å². The fraction of sp³-hybridized carbons (Fsp3) is 1.00. The van der Waals surface area contributed by atoms with E-state index in [0.29, 0.717) is 19.6 Å². The van der Waals surface area contributed by atoms with Gasteiger partial charge in [-0.05, 0) is 26.2 Å². The normalized spacial score (nSPS) is 35.1. The van der Waals surface area contributed by atoms with E-state index in [0.717, 1.165) is 19.3 Å². The Bertz CT molecular complexity index is 327. The van der Waals surface area contributed by atoms with Crippen LogP contribution >= 0.6 is 11.6 Å². The van der Waals surface area contributed by atoms with Gasteiger partial charge in [-0.15, -0.1) is 11.6 Å². The van der Waals surface area contributed by atoms with E-state index in [4.69, 9.17) is 11.6 Å². The standard InChI is InChI=1S/C9H17ClN2O2S/c1-8-6-9(10)7-12(8)15(13,14)11-4-2-3-5-11/h8-9H,2-7H2,1H3. The molecular formula is C9H17ClN2O2S. The van der Waals surface area contributed by atoms with Crippen molar-refractivity contribution in [2.75, 3.05) is 19.6 Å². The Hall–Kier alpha value is 0.160. The molecule has 2 aliphatic heterocycles. The summed E-state index contributed by atoms with van der Waals surface area (Å²) in [6, 6.07) is 0.0399. The maximum absolute atomic E-state index is 12.2. The van der Waals surface area contributed by atoms with Gasteiger partial charge in [-0.2, -0.15) is 17.0 Å². The molecule has 2 aliphatic rings. The predicted molar refractivity (Wildman–Crippen MR) is 60.2 cm³/mol. The van der Waals surface area contributed by atoms with Gasteiger partial charge in [-0.25, -0.2) is 0 Å². The number of rotatable bonds is 2. The molecule has 2 saturated heterocycles. The number of alkyl halides is 1. The Labute approximate surface area is 96.4 Å². The molecule has 88 valence electrons. The maximum atomic E-state index is 12.2. The van der Waals surface area contributed by atoms with Crippen LogP contribution in [0.25, 0.3) is 0 Å². The minimum Gasteiger partial charge on any atom is -0.195 e. The third kappa shape index (κ3) is 2.16. The summed E-state index contributed by atoms with van der Waals surface area (Å²) in [7, 11) is -3.24. The fourth-order valence-corrected chi connectivity index (χ4v) is 4.74. The van der Waals surface area contributed by atoms with E-state index in [1.54, 1.807) is 8.61 Å². The smallest absolute Gasteiger partial charge is 0.195 e. The number of hydrogen-bond acceptors (Lipinski definition) is 2. The molecule has 0 aromatic carbocycles. The van der Waals surface area contributed by atoms with Crippen LogP contribution in [-0.2, 0) is 10.2 Å². The highest BCUT2D eigenvalue weighted by atomic mass is 35.5. The van der Waals surface area contributed by atoms with Crippen molar-refractivity contribution in [3.05, 3.63) is 0 Å². The van der Waals surface area contributed by atoms with E-state index >= 15 is 0 Å². The third-order valence-corrected chi connectivity index (χ3v) is 5.59. The zero-order chi connectivity index (χ0) is 11.1. The molecule has 2 heterocycles. The summed E-state index contributed by atoms with van der Waals surface area (Å²) in [5.41, 5.74) is 0. The Morgan fingerprint density at radius 3 is 2.33 bits per heavy atom. The summed E-state index contributed by atoms with van der Waals surface area (Å²) >= 11 is 5.99. The van der Waals surface area contributed by atoms with Crippen LogP contribution in [0.15, 0.2) is 0 Å². The molecule has 0 N–H and O–H groups in total. The quantitative estimate of drug-likeness (QED) is 0.689. The minimum atomic E-state index is -3.24. The minimum absolute atomic E-state index is 0.0302. The lowest BCUT2D eigenvalue weighted by Crippen LogP contribution is -2.44. The van der Waals surface area contributed by atoms with E-state index in [1.165, 1.54) is 0 Å². The fourth-order valence-electron chi connectivity index (χ4n) is 2.33. The average Bonchev–Trinajstić information content (AvgIpc) is 2.74. The van der Waals surface area contributed by atoms with Gasteiger partial charge in [0.25, 0.3) is 10.2 Å². The lowest BCUT2D eigenvalue weighted by Gasteiger charge is -2.26. The highest BCUT2D eigenvalue weighted by molar-refractivity contribution is 7.86. The van der Waals surface area contributed by atoms with Crippen LogP contribution in [0.4, 0.5) is 0 Å². The Kier molecular flexibility index (Phi) is 3.26. The van der Waals surface area contributed by atoms with Crippen molar-refractivity contribution in [2.45, 2.75) is 37.6 Å². The molecule has 0 amide bonds. The molecule has 0 spiro atoms. The van der Waals surface area contributed by atoms with Crippen LogP contribution in [0.3, 0.4) is 0 Å². The molecule has 0 bridgehead atoms. The van der Waals surface area contributed by atoms with Crippen LogP contribution < -0.4 is 0 Å². The third-order valence-electron chi connectivity index (χ3n) is 3.15. The molecule has 2 unspecified atom stereocenters. The van der Waals surface area contributed by atoms with E-state index in [2.05, 4.69) is 0 Å². The molecule has 0 aromatic heterocycles. The van der Waals surface area contributed by atoms with Gasteiger partial charge in [0.15, 0.2) is 0 Å². The molecule has 0 aromatic rings. The number of nitrogens with zero attached hydrogens (tertiary/aromatic N) is 2. The van der Waals surface area contributed by atoms with E-state index in [9.17, 15) is 8.42 Å². The second kappa shape index (κ2) is 4.20. The molecule has 2 atom stereocenters. The lowest BCUT2D eigenvalue weighted by atomic mass is 10.2. The molecule has 0 saturated carbocycles. The van der Waals surface area contributed by atoms with Crippen molar-refractivity contribution in [3.8, 4) is 0 Å². The van der Waals surface area contributed by atoms with E-state index < -0.39 is 10.2 Å². The largest absolute Gasteiger partial charge is 0.282 e. The van der Waals surface area contributed by atoms with Gasteiger partial charge in [0, 0.05) is 31.1 Å². The zero-order valence-electron chi connectivity index (χ0n) is 8.89. The van der Waals surface area contributed by atoms with Crippen molar-refractivity contribution in [1.29, 1.82) is 0 Å². The van der Waals surface area contributed by atoms with Crippen molar-refractivity contribution < 1.29 is 8.42 Å². The second-order valence-corrected chi connectivity index (χ2v) is 6.86. The summed E-state index contributed by atoms with van der Waals surface area (Å²) in [6.07, 6.45) is 2.71. The number of hydrogen-bond donors (Lipinski definition) is 0. The molecule has 0 aliphatic carbocycles. The Morgan fingerprint density at radius 1 is 1.27 bits per heavy atom. The summed E-state index contributed by atoms with van der Waals surface area (Å²) in [4.78, 5) is 0. The monoisotopic (exact) mass is 252 g/mol. The Morgan fingerprint density at radius 2 is 1.87 bits per heavy atom. The zero-order valence-corrected chi connectivity index (χ0v) is 10.5. The van der Waals surface area contributed by atoms with Gasteiger partial charge in [0.1, 0.15) is 0 Å². The van der Waals surface area contributed by atoms with Gasteiger partial charge in [0.05, 0.1) is 0 Å². The lowest BCUT2D eigenvalue weighted by molar-refractivity contribution is 0.357. The molecule has 6 heteroatoms. The van der Waals surface area contributed by atoms with Crippen molar-refractivity contribution in [2.24, 2.45) is 0 Å². The highest BCUT2D eigenvalue weighted by Gasteiger charge is 2.40. The SMILES string of the molecule is CC1CC(Cl)CN1S(=O)(=O)N1CCCC1. The maximum Gasteiger partial charge on any atom is 0.282 e. The van der Waals surface area contributed by atoms with Gasteiger partial charge in [-0.1, -0.05) is 0 Å². The summed E-state index contributed by atoms with van der Waals surface area (Å²) in [6.45, 7) is 3.72. The first-order valence-corrected chi connectivity index (χ1v) is 7.26. The van der Waals surface area contributed by atoms with Crippen LogP contribution in [0, 0.1) is 0 Å². The van der Waals surface area contributed by atoms with Gasteiger partial charge in [-0.3, -0.25) is 0 Å². The van der Waals surface area contributed by atoms with Crippen molar-refractivity contribution in [1.82, 2.24) is 8.61 Å². The average molecular weight is 253 g/mol. The highest BCUT2D eigenvalue weighted by Crippen LogP contribution is 2.27. The van der Waals surface area contributed by atoms with Gasteiger partial charge >= 0.3 is 0 Å². The van der Waals surface area contributed by atoms with Gasteiger partial charge < -0.3 is 0 Å². The predicted octanol–water partition coefficient (Wildman–Crippen LogP) is 1.03. The van der Waals surface area contributed by atoms with Crippen LogP contribution in [-0.4, -0.2) is 48.1 Å². The van der Waals surface area contributed by atoms with Crippen molar-refractivity contribution in [3.63, 3.8) is 0 Å². The summed E-state index contributed by atoms with van der Waals surface area (Å²) in [5, 5.41) is -0.0302. The molecule has 2 fully saturated rings. The van der Waals surface area contributed by atoms with E-state index in [-0.39, 0.29) is 11.4 Å². The Balaban J connectivity index is 2.14. The van der Waals surface area contributed by atoms with Crippen molar-refractivity contribution >= 4 is 21.8 Å². The van der Waals surface area contributed by atoms with Crippen LogP contribution in [0.5, 0.6) is 0 Å². The second-order valence-electron chi connectivity index (χ2n) is 4.37. The summed E-state index contributed by atoms with van der Waals surface area (Å²) in [5.74, 6) is 0. The van der Waals surface area contributed by atoms with Gasteiger partial charge in [0.2, 0.25) is 0 Å². The molecule has 2 rings (SSSR count). The molecule has 15 heavy (non-hydrogen) atoms. The first-order valence-electron chi connectivity index (χ1n) is 5.43. The molecule has 0 radical (unpaired) electrons. The molecular weight excluding hydrogens is 236 g/mol. The van der Waals surface area contributed by atoms with Crippen LogP contribution in [0.2, 0.25) is 0 Å².